The van der Waals surface area contributed by atoms with E-state index in [1.54, 1.807) is 30.6 Å². The highest BCUT2D eigenvalue weighted by molar-refractivity contribution is 8.38. The number of aromatic nitrogens is 4. The van der Waals surface area contributed by atoms with Gasteiger partial charge in [0.1, 0.15) is 4.38 Å². The molecule has 2 heterocycles. The molecule has 27 heavy (non-hydrogen) atoms. The summed E-state index contributed by atoms with van der Waals surface area (Å²) in [6.45, 7) is 4.61. The molecule has 0 spiro atoms. The summed E-state index contributed by atoms with van der Waals surface area (Å²) in [4.78, 5) is 17.1. The second-order valence-electron chi connectivity index (χ2n) is 6.52. The van der Waals surface area contributed by atoms with Crippen molar-refractivity contribution in [1.29, 1.82) is 0 Å². The van der Waals surface area contributed by atoms with Gasteiger partial charge < -0.3 is 4.74 Å². The van der Waals surface area contributed by atoms with Gasteiger partial charge in [-0.15, -0.1) is 11.8 Å². The van der Waals surface area contributed by atoms with Gasteiger partial charge in [-0.1, -0.05) is 23.9 Å². The number of rotatable bonds is 5. The van der Waals surface area contributed by atoms with Gasteiger partial charge in [-0.05, 0) is 59.6 Å². The monoisotopic (exact) mass is 407 g/mol. The predicted octanol–water partition coefficient (Wildman–Crippen LogP) is 2.65. The Labute approximate surface area is 167 Å². The van der Waals surface area contributed by atoms with Crippen LogP contribution in [0.1, 0.15) is 24.0 Å². The van der Waals surface area contributed by atoms with Crippen LogP contribution in [0.5, 0.6) is 0 Å². The van der Waals surface area contributed by atoms with Crippen molar-refractivity contribution < 1.29 is 4.74 Å². The van der Waals surface area contributed by atoms with E-state index in [1.807, 2.05) is 12.1 Å². The Bertz CT molecular complexity index is 856. The summed E-state index contributed by atoms with van der Waals surface area (Å²) in [5.41, 5.74) is 2.75. The third-order valence-electron chi connectivity index (χ3n) is 4.67. The maximum atomic E-state index is 12.3. The van der Waals surface area contributed by atoms with Crippen LogP contribution < -0.4 is 5.69 Å². The Hall–Kier alpha value is -1.58. The minimum atomic E-state index is -0.245. The average molecular weight is 408 g/mol. The molecule has 0 saturated carbocycles. The minimum absolute atomic E-state index is 0.245. The predicted molar refractivity (Wildman–Crippen MR) is 112 cm³/mol. The van der Waals surface area contributed by atoms with E-state index in [2.05, 4.69) is 29.7 Å². The summed E-state index contributed by atoms with van der Waals surface area (Å²) >= 11 is 3.38. The van der Waals surface area contributed by atoms with Gasteiger partial charge in [-0.3, -0.25) is 4.99 Å². The molecule has 2 aromatic rings. The van der Waals surface area contributed by atoms with Crippen LogP contribution in [0.4, 0.5) is 0 Å². The Balaban J connectivity index is 1.74. The molecule has 0 radical (unpaired) electrons. The van der Waals surface area contributed by atoms with E-state index in [4.69, 9.17) is 9.73 Å². The van der Waals surface area contributed by atoms with Gasteiger partial charge in [0.15, 0.2) is 0 Å². The SMILES string of the molecule is CSC(=NCC1CCOCC1)SCc1c(C)cccc1-n1nnn(C)c1=O. The molecule has 0 unspecified atom stereocenters. The summed E-state index contributed by atoms with van der Waals surface area (Å²) in [7, 11) is 1.60. The summed E-state index contributed by atoms with van der Waals surface area (Å²) in [6, 6.07) is 5.91. The topological polar surface area (TPSA) is 74.3 Å². The molecule has 3 rings (SSSR count). The maximum Gasteiger partial charge on any atom is 0.368 e. The fourth-order valence-electron chi connectivity index (χ4n) is 2.97. The molecular weight excluding hydrogens is 382 g/mol. The first-order valence-electron chi connectivity index (χ1n) is 8.97. The lowest BCUT2D eigenvalue weighted by molar-refractivity contribution is 0.0690. The van der Waals surface area contributed by atoms with E-state index < -0.39 is 0 Å². The van der Waals surface area contributed by atoms with Crippen LogP contribution in [0.2, 0.25) is 0 Å². The molecule has 1 fully saturated rings. The molecular formula is C18H25N5O2S2. The van der Waals surface area contributed by atoms with Crippen LogP contribution >= 0.6 is 23.5 Å². The highest BCUT2D eigenvalue weighted by atomic mass is 32.2. The fourth-order valence-corrected chi connectivity index (χ4v) is 4.63. The zero-order valence-corrected chi connectivity index (χ0v) is 17.6. The number of ether oxygens (including phenoxy) is 1. The van der Waals surface area contributed by atoms with Crippen LogP contribution in [-0.2, 0) is 17.5 Å². The number of hydrogen-bond acceptors (Lipinski definition) is 7. The lowest BCUT2D eigenvalue weighted by Gasteiger charge is -2.20. The number of hydrogen-bond donors (Lipinski definition) is 0. The van der Waals surface area contributed by atoms with Crippen LogP contribution in [0, 0.1) is 12.8 Å². The van der Waals surface area contributed by atoms with Gasteiger partial charge in [-0.25, -0.2) is 4.79 Å². The molecule has 1 aromatic carbocycles. The molecule has 9 heteroatoms. The molecule has 0 aliphatic carbocycles. The Morgan fingerprint density at radius 1 is 1.33 bits per heavy atom. The first-order chi connectivity index (χ1) is 13.1. The number of aryl methyl sites for hydroxylation is 2. The largest absolute Gasteiger partial charge is 0.381 e. The van der Waals surface area contributed by atoms with Crippen molar-refractivity contribution in [2.45, 2.75) is 25.5 Å². The summed E-state index contributed by atoms with van der Waals surface area (Å²) in [6.07, 6.45) is 4.24. The third-order valence-corrected chi connectivity index (χ3v) is 6.81. The highest BCUT2D eigenvalue weighted by Gasteiger charge is 2.15. The molecule has 1 aliphatic heterocycles. The number of aliphatic imine (C=N–C) groups is 1. The molecule has 1 aliphatic rings. The van der Waals surface area contributed by atoms with Crippen molar-refractivity contribution >= 4 is 27.9 Å². The van der Waals surface area contributed by atoms with E-state index in [1.165, 1.54) is 9.36 Å². The average Bonchev–Trinajstić information content (AvgIpc) is 3.02. The first kappa shape index (κ1) is 20.2. The van der Waals surface area contributed by atoms with Crippen molar-refractivity contribution in [3.8, 4) is 5.69 Å². The highest BCUT2D eigenvalue weighted by Crippen LogP contribution is 2.26. The van der Waals surface area contributed by atoms with Gasteiger partial charge in [0, 0.05) is 32.6 Å². The number of nitrogens with zero attached hydrogens (tertiary/aromatic N) is 5. The van der Waals surface area contributed by atoms with Crippen molar-refractivity contribution in [3.63, 3.8) is 0 Å². The van der Waals surface area contributed by atoms with Crippen molar-refractivity contribution in [1.82, 2.24) is 19.8 Å². The quantitative estimate of drug-likeness (QED) is 0.560. The van der Waals surface area contributed by atoms with E-state index in [0.29, 0.717) is 5.92 Å². The van der Waals surface area contributed by atoms with E-state index >= 15 is 0 Å². The maximum absolute atomic E-state index is 12.3. The Morgan fingerprint density at radius 3 is 2.78 bits per heavy atom. The molecule has 0 bridgehead atoms. The van der Waals surface area contributed by atoms with Crippen molar-refractivity contribution in [3.05, 3.63) is 39.8 Å². The smallest absolute Gasteiger partial charge is 0.368 e. The third kappa shape index (κ3) is 5.03. The van der Waals surface area contributed by atoms with Gasteiger partial charge in [0.25, 0.3) is 0 Å². The second kappa shape index (κ2) is 9.57. The normalized spacial score (nSPS) is 16.0. The Kier molecular flexibility index (Phi) is 7.14. The number of thioether (sulfide) groups is 2. The lowest BCUT2D eigenvalue weighted by Crippen LogP contribution is -2.23. The molecule has 0 atom stereocenters. The summed E-state index contributed by atoms with van der Waals surface area (Å²) in [5.74, 6) is 1.35. The summed E-state index contributed by atoms with van der Waals surface area (Å²) in [5, 5.41) is 7.82. The van der Waals surface area contributed by atoms with E-state index in [9.17, 15) is 4.79 Å². The molecule has 146 valence electrons. The number of tetrazole rings is 1. The van der Waals surface area contributed by atoms with Crippen LogP contribution in [0.25, 0.3) is 5.69 Å². The number of benzene rings is 1. The van der Waals surface area contributed by atoms with Gasteiger partial charge in [0.05, 0.1) is 5.69 Å². The standard InChI is InChI=1S/C18H25N5O2S2/c1-13-5-4-6-16(23-18(24)22(2)20-21-23)15(13)12-27-17(26-3)19-11-14-7-9-25-10-8-14/h4-6,14H,7-12H2,1-3H3. The van der Waals surface area contributed by atoms with Gasteiger partial charge in [0.2, 0.25) is 0 Å². The van der Waals surface area contributed by atoms with Crippen molar-refractivity contribution in [2.24, 2.45) is 18.0 Å². The van der Waals surface area contributed by atoms with Crippen LogP contribution in [0.15, 0.2) is 28.0 Å². The molecule has 1 saturated heterocycles. The Morgan fingerprint density at radius 2 is 2.11 bits per heavy atom. The first-order valence-corrected chi connectivity index (χ1v) is 11.2. The van der Waals surface area contributed by atoms with E-state index in [0.717, 1.165) is 59.5 Å². The van der Waals surface area contributed by atoms with E-state index in [-0.39, 0.29) is 5.69 Å². The zero-order valence-electron chi connectivity index (χ0n) is 15.9. The van der Waals surface area contributed by atoms with Crippen LogP contribution in [0.3, 0.4) is 0 Å². The zero-order chi connectivity index (χ0) is 19.2. The van der Waals surface area contributed by atoms with Gasteiger partial charge in [-0.2, -0.15) is 9.36 Å². The van der Waals surface area contributed by atoms with Crippen LogP contribution in [-0.4, -0.2) is 50.2 Å². The summed E-state index contributed by atoms with van der Waals surface area (Å²) < 4.78 is 9.09. The van der Waals surface area contributed by atoms with Gasteiger partial charge >= 0.3 is 5.69 Å². The fraction of sp³-hybridized carbons (Fsp3) is 0.556. The lowest BCUT2D eigenvalue weighted by atomic mass is 10.0. The molecule has 1 aromatic heterocycles. The second-order valence-corrected chi connectivity index (χ2v) is 8.54. The van der Waals surface area contributed by atoms with Crippen molar-refractivity contribution in [2.75, 3.05) is 26.0 Å². The minimum Gasteiger partial charge on any atom is -0.381 e. The molecule has 7 nitrogen and oxygen atoms in total. The molecule has 0 amide bonds. The molecule has 0 N–H and O–H groups in total.